The first-order chi connectivity index (χ1) is 9.80. The summed E-state index contributed by atoms with van der Waals surface area (Å²) in [6.45, 7) is 2.33. The molecule has 0 saturated carbocycles. The second kappa shape index (κ2) is 5.73. The van der Waals surface area contributed by atoms with Crippen LogP contribution >= 0.6 is 11.6 Å². The second-order valence-corrected chi connectivity index (χ2v) is 5.27. The van der Waals surface area contributed by atoms with Gasteiger partial charge < -0.3 is 14.2 Å². The summed E-state index contributed by atoms with van der Waals surface area (Å²) in [5.41, 5.74) is 0. The number of benzene rings is 1. The van der Waals surface area contributed by atoms with E-state index < -0.39 is 36.0 Å². The van der Waals surface area contributed by atoms with Gasteiger partial charge in [0.1, 0.15) is 12.4 Å². The van der Waals surface area contributed by atoms with Gasteiger partial charge in [-0.1, -0.05) is 23.7 Å². The molecule has 0 spiro atoms. The van der Waals surface area contributed by atoms with Gasteiger partial charge in [-0.2, -0.15) is 0 Å². The molecule has 6 nitrogen and oxygen atoms in total. The molecular weight excluding hydrogens is 300 g/mol. The first-order valence-electron chi connectivity index (χ1n) is 6.16. The van der Waals surface area contributed by atoms with E-state index in [2.05, 4.69) is 0 Å². The molecule has 0 atom stereocenters. The minimum absolute atomic E-state index is 0.283. The van der Waals surface area contributed by atoms with Gasteiger partial charge in [0.2, 0.25) is 5.92 Å². The van der Waals surface area contributed by atoms with Crippen LogP contribution in [0.4, 0.5) is 0 Å². The van der Waals surface area contributed by atoms with Crippen molar-refractivity contribution in [3.8, 4) is 5.75 Å². The van der Waals surface area contributed by atoms with E-state index in [1.807, 2.05) is 0 Å². The van der Waals surface area contributed by atoms with Gasteiger partial charge >= 0.3 is 11.9 Å². The molecule has 0 aliphatic carbocycles. The maximum Gasteiger partial charge on any atom is 0.331 e. The average molecular weight is 313 g/mol. The molecule has 0 bridgehead atoms. The lowest BCUT2D eigenvalue weighted by atomic mass is 10.0. The fourth-order valence-corrected chi connectivity index (χ4v) is 1.97. The van der Waals surface area contributed by atoms with Crippen LogP contribution in [0.25, 0.3) is 0 Å². The number of esters is 2. The molecule has 21 heavy (non-hydrogen) atoms. The Morgan fingerprint density at radius 1 is 1.24 bits per heavy atom. The molecule has 1 fully saturated rings. The third kappa shape index (κ3) is 3.52. The van der Waals surface area contributed by atoms with E-state index in [0.29, 0.717) is 5.02 Å². The fourth-order valence-electron chi connectivity index (χ4n) is 1.78. The molecule has 2 rings (SSSR count). The van der Waals surface area contributed by atoms with Crippen molar-refractivity contribution in [2.45, 2.75) is 19.6 Å². The highest BCUT2D eigenvalue weighted by molar-refractivity contribution is 6.32. The standard InChI is InChI=1S/C14H13ClO6/c1-14(2)20-12(17)11(13(18)21-14)9(16)7-19-10-6-4-3-5-8(10)15/h3-6,11H,7H2,1-2H3. The number of carbonyl (C=O) groups is 3. The summed E-state index contributed by atoms with van der Waals surface area (Å²) in [6, 6.07) is 6.54. The normalized spacial score (nSPS) is 17.9. The zero-order valence-corrected chi connectivity index (χ0v) is 12.2. The quantitative estimate of drug-likeness (QED) is 0.622. The number of ether oxygens (including phenoxy) is 3. The molecule has 1 saturated heterocycles. The smallest absolute Gasteiger partial charge is 0.331 e. The molecule has 112 valence electrons. The molecule has 0 radical (unpaired) electrons. The number of halogens is 1. The Bertz CT molecular complexity index is 575. The summed E-state index contributed by atoms with van der Waals surface area (Å²) in [5, 5.41) is 0.320. The fraction of sp³-hybridized carbons (Fsp3) is 0.357. The van der Waals surface area contributed by atoms with Gasteiger partial charge in [0, 0.05) is 13.8 Å². The van der Waals surface area contributed by atoms with Crippen LogP contribution in [0.5, 0.6) is 5.75 Å². The van der Waals surface area contributed by atoms with Crippen LogP contribution in [0.15, 0.2) is 24.3 Å². The molecule has 7 heteroatoms. The molecule has 1 aromatic rings. The molecule has 1 heterocycles. The van der Waals surface area contributed by atoms with Crippen LogP contribution in [0.1, 0.15) is 13.8 Å². The predicted octanol–water partition coefficient (Wildman–Crippen LogP) is 1.74. The number of para-hydroxylation sites is 1. The summed E-state index contributed by atoms with van der Waals surface area (Å²) in [4.78, 5) is 35.4. The second-order valence-electron chi connectivity index (χ2n) is 4.86. The molecule has 0 aromatic heterocycles. The summed E-state index contributed by atoms with van der Waals surface area (Å²) in [7, 11) is 0. The molecule has 0 amide bonds. The van der Waals surface area contributed by atoms with Gasteiger partial charge in [-0.25, -0.2) is 0 Å². The van der Waals surface area contributed by atoms with Gasteiger partial charge in [0.15, 0.2) is 5.78 Å². The van der Waals surface area contributed by atoms with Gasteiger partial charge in [-0.05, 0) is 12.1 Å². The van der Waals surface area contributed by atoms with E-state index in [0.717, 1.165) is 0 Å². The van der Waals surface area contributed by atoms with E-state index in [9.17, 15) is 14.4 Å². The lowest BCUT2D eigenvalue weighted by Gasteiger charge is -2.32. The third-order valence-electron chi connectivity index (χ3n) is 2.69. The maximum absolute atomic E-state index is 11.9. The topological polar surface area (TPSA) is 78.9 Å². The third-order valence-corrected chi connectivity index (χ3v) is 3.00. The van der Waals surface area contributed by atoms with Gasteiger partial charge in [-0.15, -0.1) is 0 Å². The van der Waals surface area contributed by atoms with Crippen LogP contribution in [0.2, 0.25) is 5.02 Å². The van der Waals surface area contributed by atoms with E-state index in [4.69, 9.17) is 25.8 Å². The van der Waals surface area contributed by atoms with E-state index >= 15 is 0 Å². The number of Topliss-reactive ketones (excluding diaryl/α,β-unsaturated/α-hetero) is 1. The van der Waals surface area contributed by atoms with Crippen LogP contribution < -0.4 is 4.74 Å². The Morgan fingerprint density at radius 2 is 1.81 bits per heavy atom. The first kappa shape index (κ1) is 15.3. The molecule has 1 aliphatic heterocycles. The Labute approximate surface area is 125 Å². The Hall–Kier alpha value is -2.08. The van der Waals surface area contributed by atoms with E-state index in [1.54, 1.807) is 24.3 Å². The highest BCUT2D eigenvalue weighted by atomic mass is 35.5. The summed E-state index contributed by atoms with van der Waals surface area (Å²) in [5.74, 6) is -5.34. The molecular formula is C14H13ClO6. The Morgan fingerprint density at radius 3 is 2.38 bits per heavy atom. The van der Waals surface area contributed by atoms with Crippen molar-refractivity contribution in [1.29, 1.82) is 0 Å². The molecule has 0 N–H and O–H groups in total. The van der Waals surface area contributed by atoms with Gasteiger partial charge in [0.05, 0.1) is 5.02 Å². The number of carbonyl (C=O) groups excluding carboxylic acids is 3. The van der Waals surface area contributed by atoms with Crippen molar-refractivity contribution in [1.82, 2.24) is 0 Å². The summed E-state index contributed by atoms with van der Waals surface area (Å²) >= 11 is 5.87. The minimum atomic E-state index is -1.62. The monoisotopic (exact) mass is 312 g/mol. The van der Waals surface area contributed by atoms with Crippen LogP contribution in [-0.2, 0) is 23.9 Å². The zero-order valence-electron chi connectivity index (χ0n) is 11.4. The van der Waals surface area contributed by atoms with E-state index in [1.165, 1.54) is 13.8 Å². The first-order valence-corrected chi connectivity index (χ1v) is 6.54. The highest BCUT2D eigenvalue weighted by Gasteiger charge is 2.47. The van der Waals surface area contributed by atoms with Crippen molar-refractivity contribution in [3.63, 3.8) is 0 Å². The van der Waals surface area contributed by atoms with Crippen molar-refractivity contribution >= 4 is 29.3 Å². The van der Waals surface area contributed by atoms with Crippen molar-refractivity contribution in [3.05, 3.63) is 29.3 Å². The molecule has 1 aromatic carbocycles. The zero-order chi connectivity index (χ0) is 15.6. The number of rotatable bonds is 4. The molecule has 0 unspecified atom stereocenters. The van der Waals surface area contributed by atoms with Crippen LogP contribution in [0, 0.1) is 5.92 Å². The molecule has 1 aliphatic rings. The summed E-state index contributed by atoms with van der Waals surface area (Å²) < 4.78 is 14.9. The van der Waals surface area contributed by atoms with Crippen molar-refractivity contribution in [2.24, 2.45) is 5.92 Å². The van der Waals surface area contributed by atoms with E-state index in [-0.39, 0.29) is 5.75 Å². The van der Waals surface area contributed by atoms with Crippen LogP contribution in [-0.4, -0.2) is 30.1 Å². The van der Waals surface area contributed by atoms with Gasteiger partial charge in [-0.3, -0.25) is 14.4 Å². The lowest BCUT2D eigenvalue weighted by Crippen LogP contribution is -2.50. The minimum Gasteiger partial charge on any atom is -0.484 e. The van der Waals surface area contributed by atoms with Crippen LogP contribution in [0.3, 0.4) is 0 Å². The number of hydrogen-bond donors (Lipinski definition) is 0. The largest absolute Gasteiger partial charge is 0.484 e. The Kier molecular flexibility index (Phi) is 4.18. The SMILES string of the molecule is CC1(C)OC(=O)C(C(=O)COc2ccccc2Cl)C(=O)O1. The number of ketones is 1. The highest BCUT2D eigenvalue weighted by Crippen LogP contribution is 2.25. The lowest BCUT2D eigenvalue weighted by molar-refractivity contribution is -0.238. The Balaban J connectivity index is 2.02. The average Bonchev–Trinajstić information content (AvgIpc) is 2.35. The van der Waals surface area contributed by atoms with Gasteiger partial charge in [0.25, 0.3) is 5.79 Å². The predicted molar refractivity (Wildman–Crippen MR) is 71.7 cm³/mol. The van der Waals surface area contributed by atoms with Crippen molar-refractivity contribution < 1.29 is 28.6 Å². The summed E-state index contributed by atoms with van der Waals surface area (Å²) in [6.07, 6.45) is 0. The number of cyclic esters (lactones) is 2. The van der Waals surface area contributed by atoms with Crippen molar-refractivity contribution in [2.75, 3.05) is 6.61 Å². The maximum atomic E-state index is 11.9. The number of hydrogen-bond acceptors (Lipinski definition) is 6.